The molecule has 3 heterocycles. The lowest BCUT2D eigenvalue weighted by Gasteiger charge is -2.40. The zero-order chi connectivity index (χ0) is 19.0. The van der Waals surface area contributed by atoms with E-state index in [1.807, 2.05) is 24.3 Å². The van der Waals surface area contributed by atoms with Gasteiger partial charge in [-0.05, 0) is 49.9 Å². The van der Waals surface area contributed by atoms with Gasteiger partial charge in [0, 0.05) is 18.1 Å². The fourth-order valence-electron chi connectivity index (χ4n) is 4.39. The van der Waals surface area contributed by atoms with Crippen molar-refractivity contribution >= 4 is 29.4 Å². The van der Waals surface area contributed by atoms with Crippen molar-refractivity contribution < 1.29 is 14.4 Å². The minimum Gasteiger partial charge on any atom is -0.338 e. The molecule has 1 spiro atoms. The molecule has 144 valence electrons. The van der Waals surface area contributed by atoms with Crippen LogP contribution in [0.5, 0.6) is 0 Å². The fraction of sp³-hybridized carbons (Fsp3) is 0.526. The second-order valence-electron chi connectivity index (χ2n) is 7.61. The standard InChI is InChI=1S/C19H23ClN4O3/c20-14-6-4-13(5-7-14)11-23-9-1-3-15(23)16(25)24-10-2-8-19(12-24)17(26)21-18(27)22-19/h4-7,15H,1-3,8-12H2,(H2,21,22,26,27). The third-order valence-corrected chi connectivity index (χ3v) is 6.02. The van der Waals surface area contributed by atoms with Gasteiger partial charge in [0.15, 0.2) is 0 Å². The lowest BCUT2D eigenvalue weighted by atomic mass is 9.88. The number of nitrogens with zero attached hydrogens (tertiary/aromatic N) is 2. The molecule has 4 rings (SSSR count). The van der Waals surface area contributed by atoms with Crippen LogP contribution in [-0.2, 0) is 16.1 Å². The largest absolute Gasteiger partial charge is 0.338 e. The summed E-state index contributed by atoms with van der Waals surface area (Å²) >= 11 is 5.95. The van der Waals surface area contributed by atoms with Crippen LogP contribution < -0.4 is 10.6 Å². The number of hydrogen-bond acceptors (Lipinski definition) is 4. The highest BCUT2D eigenvalue weighted by Gasteiger charge is 2.50. The highest BCUT2D eigenvalue weighted by Crippen LogP contribution is 2.28. The fourth-order valence-corrected chi connectivity index (χ4v) is 4.52. The van der Waals surface area contributed by atoms with E-state index < -0.39 is 11.6 Å². The first-order valence-corrected chi connectivity index (χ1v) is 9.75. The van der Waals surface area contributed by atoms with Gasteiger partial charge in [0.05, 0.1) is 12.6 Å². The Hall–Kier alpha value is -2.12. The van der Waals surface area contributed by atoms with Crippen molar-refractivity contribution in [3.05, 3.63) is 34.9 Å². The Balaban J connectivity index is 1.45. The molecule has 0 aromatic heterocycles. The maximum absolute atomic E-state index is 13.2. The molecule has 0 aliphatic carbocycles. The van der Waals surface area contributed by atoms with Crippen molar-refractivity contribution in [2.45, 2.75) is 43.8 Å². The number of hydrogen-bond donors (Lipinski definition) is 2. The number of imide groups is 1. The number of urea groups is 1. The molecule has 0 bridgehead atoms. The average molecular weight is 391 g/mol. The molecule has 3 aliphatic heterocycles. The number of nitrogens with one attached hydrogen (secondary N) is 2. The minimum atomic E-state index is -0.968. The van der Waals surface area contributed by atoms with Crippen LogP contribution in [0.1, 0.15) is 31.2 Å². The molecule has 3 aliphatic rings. The van der Waals surface area contributed by atoms with Gasteiger partial charge in [0.1, 0.15) is 5.54 Å². The van der Waals surface area contributed by atoms with Gasteiger partial charge in [0.2, 0.25) is 5.91 Å². The van der Waals surface area contributed by atoms with Crippen molar-refractivity contribution in [2.24, 2.45) is 0 Å². The molecule has 0 radical (unpaired) electrons. The molecule has 7 nitrogen and oxygen atoms in total. The first kappa shape index (κ1) is 18.3. The second kappa shape index (κ2) is 7.13. The summed E-state index contributed by atoms with van der Waals surface area (Å²) in [6, 6.07) is 7.03. The number of likely N-dealkylation sites (tertiary alicyclic amines) is 2. The van der Waals surface area contributed by atoms with E-state index in [9.17, 15) is 14.4 Å². The summed E-state index contributed by atoms with van der Waals surface area (Å²) in [7, 11) is 0. The van der Waals surface area contributed by atoms with Gasteiger partial charge in [0.25, 0.3) is 5.91 Å². The third-order valence-electron chi connectivity index (χ3n) is 5.77. The van der Waals surface area contributed by atoms with Crippen molar-refractivity contribution in [1.29, 1.82) is 0 Å². The summed E-state index contributed by atoms with van der Waals surface area (Å²) < 4.78 is 0. The van der Waals surface area contributed by atoms with Gasteiger partial charge in [-0.1, -0.05) is 23.7 Å². The molecule has 2 atom stereocenters. The van der Waals surface area contributed by atoms with E-state index in [4.69, 9.17) is 11.6 Å². The second-order valence-corrected chi connectivity index (χ2v) is 8.05. The summed E-state index contributed by atoms with van der Waals surface area (Å²) in [6.45, 7) is 2.43. The number of halogens is 1. The van der Waals surface area contributed by atoms with Gasteiger partial charge in [-0.3, -0.25) is 19.8 Å². The molecule has 3 fully saturated rings. The van der Waals surface area contributed by atoms with Crippen LogP contribution in [0.2, 0.25) is 5.02 Å². The van der Waals surface area contributed by atoms with Gasteiger partial charge >= 0.3 is 6.03 Å². The van der Waals surface area contributed by atoms with Crippen LogP contribution in [-0.4, -0.2) is 58.9 Å². The minimum absolute atomic E-state index is 0.0505. The van der Waals surface area contributed by atoms with E-state index in [1.165, 1.54) is 0 Å². The molecule has 27 heavy (non-hydrogen) atoms. The number of piperidine rings is 1. The SMILES string of the molecule is O=C1NC(=O)C2(CCCN(C(=O)C3CCCN3Cc3ccc(Cl)cc3)C2)N1. The summed E-state index contributed by atoms with van der Waals surface area (Å²) in [5.41, 5.74) is 0.154. The first-order chi connectivity index (χ1) is 13.0. The smallest absolute Gasteiger partial charge is 0.322 e. The average Bonchev–Trinajstić information content (AvgIpc) is 3.21. The van der Waals surface area contributed by atoms with Gasteiger partial charge in [-0.25, -0.2) is 4.79 Å². The maximum atomic E-state index is 13.2. The van der Waals surface area contributed by atoms with Gasteiger partial charge in [-0.15, -0.1) is 0 Å². The Morgan fingerprint density at radius 1 is 1.19 bits per heavy atom. The highest BCUT2D eigenvalue weighted by molar-refractivity contribution is 6.30. The Morgan fingerprint density at radius 3 is 2.67 bits per heavy atom. The van der Waals surface area contributed by atoms with Crippen molar-refractivity contribution in [1.82, 2.24) is 20.4 Å². The molecular weight excluding hydrogens is 368 g/mol. The molecule has 2 unspecified atom stereocenters. The molecule has 3 saturated heterocycles. The summed E-state index contributed by atoms with van der Waals surface area (Å²) in [6.07, 6.45) is 3.05. The van der Waals surface area contributed by atoms with Crippen LogP contribution >= 0.6 is 11.6 Å². The highest BCUT2D eigenvalue weighted by atomic mass is 35.5. The molecule has 0 saturated carbocycles. The Bertz CT molecular complexity index is 769. The van der Waals surface area contributed by atoms with Gasteiger partial charge in [-0.2, -0.15) is 0 Å². The number of rotatable bonds is 3. The summed E-state index contributed by atoms with van der Waals surface area (Å²) in [5, 5.41) is 5.73. The topological polar surface area (TPSA) is 81.8 Å². The molecule has 4 amide bonds. The van der Waals surface area contributed by atoms with Crippen LogP contribution in [0.3, 0.4) is 0 Å². The number of carbonyl (C=O) groups is 3. The van der Waals surface area contributed by atoms with E-state index in [0.29, 0.717) is 31.0 Å². The summed E-state index contributed by atoms with van der Waals surface area (Å²) in [5.74, 6) is -0.274. The van der Waals surface area contributed by atoms with E-state index in [0.717, 1.165) is 24.9 Å². The molecular formula is C19H23ClN4O3. The van der Waals surface area contributed by atoms with E-state index in [2.05, 4.69) is 15.5 Å². The van der Waals surface area contributed by atoms with Crippen molar-refractivity contribution in [3.8, 4) is 0 Å². The quantitative estimate of drug-likeness (QED) is 0.766. The Morgan fingerprint density at radius 2 is 1.96 bits per heavy atom. The van der Waals surface area contributed by atoms with Crippen LogP contribution in [0.4, 0.5) is 4.79 Å². The normalized spacial score (nSPS) is 28.5. The van der Waals surface area contributed by atoms with Crippen LogP contribution in [0.25, 0.3) is 0 Å². The number of benzene rings is 1. The zero-order valence-electron chi connectivity index (χ0n) is 15.0. The third kappa shape index (κ3) is 3.53. The predicted molar refractivity (Wildman–Crippen MR) is 100 cm³/mol. The van der Waals surface area contributed by atoms with E-state index in [-0.39, 0.29) is 24.4 Å². The summed E-state index contributed by atoms with van der Waals surface area (Å²) in [4.78, 5) is 41.0. The van der Waals surface area contributed by atoms with Crippen molar-refractivity contribution in [3.63, 3.8) is 0 Å². The van der Waals surface area contributed by atoms with Crippen LogP contribution in [0, 0.1) is 0 Å². The van der Waals surface area contributed by atoms with Crippen LogP contribution in [0.15, 0.2) is 24.3 Å². The first-order valence-electron chi connectivity index (χ1n) is 9.38. The lowest BCUT2D eigenvalue weighted by Crippen LogP contribution is -2.61. The molecule has 8 heteroatoms. The number of amides is 4. The predicted octanol–water partition coefficient (Wildman–Crippen LogP) is 1.50. The zero-order valence-corrected chi connectivity index (χ0v) is 15.8. The Kier molecular flexibility index (Phi) is 4.82. The molecule has 1 aromatic rings. The monoisotopic (exact) mass is 390 g/mol. The van der Waals surface area contributed by atoms with E-state index >= 15 is 0 Å². The molecule has 2 N–H and O–H groups in total. The van der Waals surface area contributed by atoms with Crippen molar-refractivity contribution in [2.75, 3.05) is 19.6 Å². The lowest BCUT2D eigenvalue weighted by molar-refractivity contribution is -0.140. The van der Waals surface area contributed by atoms with E-state index in [1.54, 1.807) is 4.90 Å². The van der Waals surface area contributed by atoms with Gasteiger partial charge < -0.3 is 10.2 Å². The number of carbonyl (C=O) groups excluding carboxylic acids is 3. The maximum Gasteiger partial charge on any atom is 0.322 e. The molecule has 1 aromatic carbocycles. The Labute approximate surface area is 163 Å².